The van der Waals surface area contributed by atoms with E-state index < -0.39 is 54.0 Å². The summed E-state index contributed by atoms with van der Waals surface area (Å²) in [7, 11) is -16.6. The molecule has 0 bridgehead atoms. The van der Waals surface area contributed by atoms with Gasteiger partial charge < -0.3 is 30.0 Å². The largest absolute Gasteiger partial charge is 0.490 e. The molecule has 0 aromatic carbocycles. The summed E-state index contributed by atoms with van der Waals surface area (Å²) in [5, 5.41) is 3.56. The number of phosphoric ester groups is 1. The summed E-state index contributed by atoms with van der Waals surface area (Å²) in [5.41, 5.74) is 13.6. The lowest BCUT2D eigenvalue weighted by Gasteiger charge is -2.19. The van der Waals surface area contributed by atoms with Gasteiger partial charge in [-0.15, -0.1) is 0 Å². The highest BCUT2D eigenvalue weighted by Gasteiger charge is 2.43. The Hall–Kier alpha value is -2.17. The summed E-state index contributed by atoms with van der Waals surface area (Å²) in [6, 6.07) is -0.941. The number of nitrogen functional groups attached to an aromatic ring is 1. The summed E-state index contributed by atoms with van der Waals surface area (Å²) in [4.78, 5) is 60.5. The minimum absolute atomic E-state index is 0.00655. The predicted molar refractivity (Wildman–Crippen MR) is 104 cm³/mol. The number of H-pyrrole nitrogens is 1. The van der Waals surface area contributed by atoms with Crippen LogP contribution in [0.2, 0.25) is 0 Å². The van der Waals surface area contributed by atoms with Gasteiger partial charge in [0.15, 0.2) is 11.2 Å². The Morgan fingerprint density at radius 1 is 1.30 bits per heavy atom. The van der Waals surface area contributed by atoms with Crippen molar-refractivity contribution >= 4 is 40.6 Å². The van der Waals surface area contributed by atoms with Crippen LogP contribution in [0.4, 0.5) is 5.95 Å². The lowest BCUT2D eigenvalue weighted by Crippen LogP contribution is -2.19. The molecule has 7 N–H and O–H groups in total. The van der Waals surface area contributed by atoms with Crippen LogP contribution in [0.3, 0.4) is 0 Å². The van der Waals surface area contributed by atoms with Crippen molar-refractivity contribution in [1.82, 2.24) is 19.5 Å². The molecule has 5 atom stereocenters. The van der Waals surface area contributed by atoms with E-state index in [9.17, 15) is 23.4 Å². The third kappa shape index (κ3) is 6.45. The molecule has 0 amide bonds. The maximum Gasteiger partial charge on any atom is 0.490 e. The molecule has 0 radical (unpaired) electrons. The summed E-state index contributed by atoms with van der Waals surface area (Å²) in [6.45, 7) is -0.763. The molecule has 23 heteroatoms. The number of phosphoric acid groups is 3. The number of fused-ring (bicyclic) bond motifs is 1. The van der Waals surface area contributed by atoms with E-state index in [0.717, 1.165) is 0 Å². The van der Waals surface area contributed by atoms with E-state index >= 15 is 0 Å². The van der Waals surface area contributed by atoms with Gasteiger partial charge in [0.25, 0.3) is 5.56 Å². The molecular weight excluding hydrogens is 517 g/mol. The number of hydrogen-bond donors (Lipinski definition) is 6. The average Bonchev–Trinajstić information content (AvgIpc) is 3.21. The van der Waals surface area contributed by atoms with Gasteiger partial charge in [0.1, 0.15) is 6.23 Å². The van der Waals surface area contributed by atoms with Crippen molar-refractivity contribution in [3.05, 3.63) is 27.1 Å². The average molecular weight is 532 g/mol. The Bertz CT molecular complexity index is 1300. The van der Waals surface area contributed by atoms with Crippen molar-refractivity contribution in [1.29, 1.82) is 0 Å². The van der Waals surface area contributed by atoms with Crippen molar-refractivity contribution in [2.75, 3.05) is 12.3 Å². The topological polar surface area (TPSA) is 307 Å². The molecule has 3 heterocycles. The number of ether oxygens (including phenoxy) is 1. The highest BCUT2D eigenvalue weighted by Crippen LogP contribution is 2.66. The van der Waals surface area contributed by atoms with Gasteiger partial charge in [-0.25, -0.2) is 18.7 Å². The van der Waals surface area contributed by atoms with Crippen LogP contribution in [0.1, 0.15) is 12.6 Å². The van der Waals surface area contributed by atoms with Crippen LogP contribution in [0, 0.1) is 0 Å². The molecule has 20 nitrogen and oxygen atoms in total. The standard InChI is InChI=1S/C10H15N8O12P3/c11-10-14-7-6(8(19)15-10)13-3-18(7)9-5(16-17-12)1-4(28-9)2-27-32(23,24)30-33(25,26)29-31(20,21)22/h3-5,9H,1-2H2,(H,23,24)(H,25,26)(H2,20,21,22)(H3,11,14,15,19)/t4-,5+,9+/m0/s1. The SMILES string of the molecule is [N-]=[N+]=N[C@@H]1C[C@@H](COP(=O)(O)OP(=O)(O)OP(=O)(O)O)O[C@H]1n1cnc2c(=O)[nH]c(N)nc21. The van der Waals surface area contributed by atoms with Gasteiger partial charge >= 0.3 is 23.5 Å². The first-order valence-corrected chi connectivity index (χ1v) is 12.9. The molecule has 2 aromatic rings. The van der Waals surface area contributed by atoms with E-state index in [4.69, 9.17) is 30.7 Å². The third-order valence-electron chi connectivity index (χ3n) is 3.93. The molecule has 1 aliphatic rings. The van der Waals surface area contributed by atoms with Crippen molar-refractivity contribution in [3.8, 4) is 0 Å². The fraction of sp³-hybridized carbons (Fsp3) is 0.500. The fourth-order valence-electron chi connectivity index (χ4n) is 2.87. The van der Waals surface area contributed by atoms with Crippen LogP contribution in [0.15, 0.2) is 16.2 Å². The lowest BCUT2D eigenvalue weighted by molar-refractivity contribution is -0.0236. The maximum absolute atomic E-state index is 11.9. The third-order valence-corrected chi connectivity index (χ3v) is 7.73. The number of nitrogens with one attached hydrogen (secondary N) is 1. The smallest absolute Gasteiger partial charge is 0.369 e. The Kier molecular flexibility index (Phi) is 7.12. The zero-order valence-corrected chi connectivity index (χ0v) is 18.6. The fourth-order valence-corrected chi connectivity index (χ4v) is 5.92. The first-order chi connectivity index (χ1) is 15.2. The number of aromatic nitrogens is 4. The number of imidazole rings is 1. The normalized spacial score (nSPS) is 24.8. The summed E-state index contributed by atoms with van der Waals surface area (Å²) in [6.07, 6.45) is -1.09. The molecule has 1 aliphatic heterocycles. The van der Waals surface area contributed by atoms with Crippen molar-refractivity contribution in [2.24, 2.45) is 5.11 Å². The Morgan fingerprint density at radius 2 is 2.00 bits per heavy atom. The minimum Gasteiger partial charge on any atom is -0.369 e. The second kappa shape index (κ2) is 9.23. The molecule has 0 spiro atoms. The zero-order chi connectivity index (χ0) is 24.6. The number of nitrogens with zero attached hydrogens (tertiary/aromatic N) is 6. The Labute approximate surface area is 181 Å². The van der Waals surface area contributed by atoms with Gasteiger partial charge in [0.2, 0.25) is 5.95 Å². The number of rotatable bonds is 9. The molecule has 2 unspecified atom stereocenters. The Balaban J connectivity index is 1.75. The van der Waals surface area contributed by atoms with Gasteiger partial charge in [-0.1, -0.05) is 5.11 Å². The van der Waals surface area contributed by atoms with Crippen LogP contribution in [-0.4, -0.2) is 57.8 Å². The Morgan fingerprint density at radius 3 is 2.64 bits per heavy atom. The van der Waals surface area contributed by atoms with E-state index in [-0.39, 0.29) is 23.5 Å². The number of hydrogen-bond acceptors (Lipinski definition) is 12. The van der Waals surface area contributed by atoms with E-state index in [1.54, 1.807) is 0 Å². The molecule has 1 saturated heterocycles. The van der Waals surface area contributed by atoms with Crippen LogP contribution >= 0.6 is 23.5 Å². The van der Waals surface area contributed by atoms with Crippen LogP contribution in [-0.2, 0) is 31.6 Å². The number of azide groups is 1. The van der Waals surface area contributed by atoms with Crippen molar-refractivity contribution in [2.45, 2.75) is 24.8 Å². The number of aromatic amines is 1. The minimum atomic E-state index is -5.68. The van der Waals surface area contributed by atoms with Gasteiger partial charge in [-0.2, -0.15) is 13.6 Å². The van der Waals surface area contributed by atoms with Gasteiger partial charge in [-0.05, 0) is 12.0 Å². The number of nitrogens with two attached hydrogens (primary N) is 1. The lowest BCUT2D eigenvalue weighted by atomic mass is 10.2. The summed E-state index contributed by atoms with van der Waals surface area (Å²) in [5.74, 6) is -0.225. The first-order valence-electron chi connectivity index (χ1n) is 8.40. The number of anilines is 1. The maximum atomic E-state index is 11.9. The second-order valence-electron chi connectivity index (χ2n) is 6.32. The predicted octanol–water partition coefficient (Wildman–Crippen LogP) is 0.0115. The van der Waals surface area contributed by atoms with Crippen molar-refractivity contribution in [3.63, 3.8) is 0 Å². The molecule has 33 heavy (non-hydrogen) atoms. The molecule has 2 aromatic heterocycles. The second-order valence-corrected chi connectivity index (χ2v) is 10.7. The van der Waals surface area contributed by atoms with Gasteiger partial charge in [0.05, 0.1) is 25.1 Å². The highest BCUT2D eigenvalue weighted by molar-refractivity contribution is 7.66. The van der Waals surface area contributed by atoms with Crippen LogP contribution < -0.4 is 11.3 Å². The summed E-state index contributed by atoms with van der Waals surface area (Å²) < 4.78 is 52.5. The first kappa shape index (κ1) is 25.5. The van der Waals surface area contributed by atoms with E-state index in [1.807, 2.05) is 0 Å². The van der Waals surface area contributed by atoms with Crippen LogP contribution in [0.5, 0.6) is 0 Å². The zero-order valence-electron chi connectivity index (χ0n) is 15.9. The van der Waals surface area contributed by atoms with Gasteiger partial charge in [-0.3, -0.25) is 18.9 Å². The van der Waals surface area contributed by atoms with E-state index in [0.29, 0.717) is 0 Å². The molecule has 1 fully saturated rings. The van der Waals surface area contributed by atoms with Gasteiger partial charge in [0, 0.05) is 4.91 Å². The van der Waals surface area contributed by atoms with Crippen LogP contribution in [0.25, 0.3) is 21.6 Å². The molecular formula is C10H15N8O12P3. The molecule has 182 valence electrons. The summed E-state index contributed by atoms with van der Waals surface area (Å²) >= 11 is 0. The monoisotopic (exact) mass is 532 g/mol. The highest BCUT2D eigenvalue weighted by atomic mass is 31.3. The van der Waals surface area contributed by atoms with E-state index in [2.05, 4.69) is 38.1 Å². The molecule has 3 rings (SSSR count). The molecule has 0 aliphatic carbocycles. The molecule has 0 saturated carbocycles. The van der Waals surface area contributed by atoms with Crippen molar-refractivity contribution < 1.29 is 51.2 Å². The quantitative estimate of drug-likeness (QED) is 0.107. The van der Waals surface area contributed by atoms with E-state index in [1.165, 1.54) is 10.9 Å².